The Morgan fingerprint density at radius 2 is 2.31 bits per heavy atom. The maximum atomic E-state index is 11.5. The Morgan fingerprint density at radius 3 is 3.00 bits per heavy atom. The first-order chi connectivity index (χ1) is 7.81. The number of carbonyl (C=O) groups excluding carboxylic acids is 1. The Morgan fingerprint density at radius 1 is 1.50 bits per heavy atom. The number of nitrogens with zero attached hydrogens (tertiary/aromatic N) is 2. The zero-order chi connectivity index (χ0) is 11.1. The minimum atomic E-state index is -0.331. The number of hydrogen-bond acceptors (Lipinski definition) is 3. The maximum Gasteiger partial charge on any atom is 0.341 e. The Kier molecular flexibility index (Phi) is 1.96. The molecule has 0 saturated heterocycles. The van der Waals surface area contributed by atoms with Gasteiger partial charge in [0, 0.05) is 11.6 Å². The molecule has 0 aliphatic heterocycles. The molecule has 3 rings (SSSR count). The Hall–Kier alpha value is -1.84. The van der Waals surface area contributed by atoms with Crippen LogP contribution in [0.25, 0.3) is 5.52 Å². The number of fused-ring (bicyclic) bond motifs is 1. The first-order valence-corrected chi connectivity index (χ1v) is 5.36. The lowest BCUT2D eigenvalue weighted by Crippen LogP contribution is -2.01. The molecule has 0 atom stereocenters. The highest BCUT2D eigenvalue weighted by Gasteiger charge is 2.27. The van der Waals surface area contributed by atoms with Gasteiger partial charge in [-0.05, 0) is 25.0 Å². The van der Waals surface area contributed by atoms with Gasteiger partial charge in [-0.1, -0.05) is 6.07 Å². The Labute approximate surface area is 92.8 Å². The Balaban J connectivity index is 2.20. The van der Waals surface area contributed by atoms with Crippen molar-refractivity contribution in [1.82, 2.24) is 9.61 Å². The molecule has 0 radical (unpaired) electrons. The molecule has 2 aromatic rings. The van der Waals surface area contributed by atoms with Crippen LogP contribution in [0.4, 0.5) is 0 Å². The summed E-state index contributed by atoms with van der Waals surface area (Å²) in [5.41, 5.74) is 2.55. The number of rotatable bonds is 2. The first-order valence-electron chi connectivity index (χ1n) is 5.36. The summed E-state index contributed by atoms with van der Waals surface area (Å²) in [6, 6.07) is 5.93. The van der Waals surface area contributed by atoms with Gasteiger partial charge < -0.3 is 4.74 Å². The molecule has 0 amide bonds. The van der Waals surface area contributed by atoms with Crippen molar-refractivity contribution in [1.29, 1.82) is 0 Å². The molecule has 4 heteroatoms. The van der Waals surface area contributed by atoms with Crippen LogP contribution < -0.4 is 0 Å². The van der Waals surface area contributed by atoms with Crippen molar-refractivity contribution >= 4 is 11.5 Å². The third kappa shape index (κ3) is 1.30. The van der Waals surface area contributed by atoms with Crippen LogP contribution in [0.3, 0.4) is 0 Å². The Bertz CT molecular complexity index is 555. The van der Waals surface area contributed by atoms with Gasteiger partial charge in [-0.3, -0.25) is 0 Å². The monoisotopic (exact) mass is 216 g/mol. The quantitative estimate of drug-likeness (QED) is 0.721. The standard InChI is InChI=1S/C12H12N2O2/c1-16-12(15)9-7-13-14-10(8-5-6-8)3-2-4-11(9)14/h2-4,7-8H,5-6H2,1H3. The number of pyridine rings is 1. The summed E-state index contributed by atoms with van der Waals surface area (Å²) in [5.74, 6) is 0.275. The normalized spacial score (nSPS) is 15.3. The summed E-state index contributed by atoms with van der Waals surface area (Å²) in [7, 11) is 1.39. The maximum absolute atomic E-state index is 11.5. The van der Waals surface area contributed by atoms with Gasteiger partial charge in [0.1, 0.15) is 5.56 Å². The summed E-state index contributed by atoms with van der Waals surface area (Å²) in [4.78, 5) is 11.5. The molecule has 2 heterocycles. The molecular formula is C12H12N2O2. The fraction of sp³-hybridized carbons (Fsp3) is 0.333. The van der Waals surface area contributed by atoms with Gasteiger partial charge in [0.2, 0.25) is 0 Å². The van der Waals surface area contributed by atoms with Crippen molar-refractivity contribution in [2.75, 3.05) is 7.11 Å². The molecule has 2 aromatic heterocycles. The van der Waals surface area contributed by atoms with Gasteiger partial charge in [0.15, 0.2) is 0 Å². The molecule has 1 aliphatic rings. The van der Waals surface area contributed by atoms with Gasteiger partial charge in [-0.15, -0.1) is 0 Å². The molecule has 0 aromatic carbocycles. The van der Waals surface area contributed by atoms with Gasteiger partial charge in [-0.25, -0.2) is 9.31 Å². The minimum absolute atomic E-state index is 0.331. The van der Waals surface area contributed by atoms with Crippen LogP contribution in [0, 0.1) is 0 Å². The van der Waals surface area contributed by atoms with E-state index in [-0.39, 0.29) is 5.97 Å². The molecule has 82 valence electrons. The van der Waals surface area contributed by atoms with E-state index < -0.39 is 0 Å². The van der Waals surface area contributed by atoms with Crippen molar-refractivity contribution in [2.24, 2.45) is 0 Å². The number of carbonyl (C=O) groups is 1. The van der Waals surface area contributed by atoms with E-state index in [4.69, 9.17) is 4.74 Å². The summed E-state index contributed by atoms with van der Waals surface area (Å²) >= 11 is 0. The lowest BCUT2D eigenvalue weighted by atomic mass is 10.2. The second-order valence-corrected chi connectivity index (χ2v) is 4.07. The number of methoxy groups -OCH3 is 1. The molecule has 1 aliphatic carbocycles. The smallest absolute Gasteiger partial charge is 0.341 e. The summed E-state index contributed by atoms with van der Waals surface area (Å²) in [6.45, 7) is 0. The average molecular weight is 216 g/mol. The SMILES string of the molecule is COC(=O)c1cnn2c(C3CC3)cccc12. The third-order valence-electron chi connectivity index (χ3n) is 2.97. The number of esters is 1. The predicted molar refractivity (Wildman–Crippen MR) is 58.5 cm³/mol. The zero-order valence-corrected chi connectivity index (χ0v) is 9.01. The van der Waals surface area contributed by atoms with E-state index in [1.165, 1.54) is 25.6 Å². The topological polar surface area (TPSA) is 43.6 Å². The van der Waals surface area contributed by atoms with Crippen LogP contribution in [0.2, 0.25) is 0 Å². The van der Waals surface area contributed by atoms with E-state index in [1.807, 2.05) is 16.6 Å². The first kappa shape index (κ1) is 9.39. The molecular weight excluding hydrogens is 204 g/mol. The second kappa shape index (κ2) is 3.33. The number of hydrogen-bond donors (Lipinski definition) is 0. The fourth-order valence-electron chi connectivity index (χ4n) is 1.99. The van der Waals surface area contributed by atoms with E-state index in [0.29, 0.717) is 11.5 Å². The molecule has 4 nitrogen and oxygen atoms in total. The highest BCUT2D eigenvalue weighted by molar-refractivity contribution is 5.96. The van der Waals surface area contributed by atoms with Crippen molar-refractivity contribution in [2.45, 2.75) is 18.8 Å². The summed E-state index contributed by atoms with van der Waals surface area (Å²) in [5, 5.41) is 4.26. The second-order valence-electron chi connectivity index (χ2n) is 4.07. The number of aromatic nitrogens is 2. The van der Waals surface area contributed by atoms with Gasteiger partial charge in [-0.2, -0.15) is 5.10 Å². The van der Waals surface area contributed by atoms with Crippen LogP contribution in [-0.4, -0.2) is 22.7 Å². The lowest BCUT2D eigenvalue weighted by Gasteiger charge is -2.02. The van der Waals surface area contributed by atoms with Crippen LogP contribution in [0.15, 0.2) is 24.4 Å². The van der Waals surface area contributed by atoms with Gasteiger partial charge >= 0.3 is 5.97 Å². The van der Waals surface area contributed by atoms with Crippen molar-refractivity contribution < 1.29 is 9.53 Å². The lowest BCUT2D eigenvalue weighted by molar-refractivity contribution is 0.0603. The van der Waals surface area contributed by atoms with Gasteiger partial charge in [0.05, 0.1) is 18.8 Å². The molecule has 0 N–H and O–H groups in total. The van der Waals surface area contributed by atoms with E-state index in [1.54, 1.807) is 6.20 Å². The van der Waals surface area contributed by atoms with Crippen molar-refractivity contribution in [3.8, 4) is 0 Å². The molecule has 1 saturated carbocycles. The summed E-state index contributed by atoms with van der Waals surface area (Å²) < 4.78 is 6.58. The highest BCUT2D eigenvalue weighted by Crippen LogP contribution is 2.40. The van der Waals surface area contributed by atoms with E-state index in [2.05, 4.69) is 11.2 Å². The molecule has 0 spiro atoms. The third-order valence-corrected chi connectivity index (χ3v) is 2.97. The van der Waals surface area contributed by atoms with E-state index in [9.17, 15) is 4.79 Å². The predicted octanol–water partition coefficient (Wildman–Crippen LogP) is 2.00. The highest BCUT2D eigenvalue weighted by atomic mass is 16.5. The van der Waals surface area contributed by atoms with Crippen LogP contribution in [0.1, 0.15) is 34.8 Å². The summed E-state index contributed by atoms with van der Waals surface area (Å²) in [6.07, 6.45) is 4.01. The minimum Gasteiger partial charge on any atom is -0.465 e. The fourth-order valence-corrected chi connectivity index (χ4v) is 1.99. The zero-order valence-electron chi connectivity index (χ0n) is 9.01. The molecule has 1 fully saturated rings. The van der Waals surface area contributed by atoms with E-state index >= 15 is 0 Å². The van der Waals surface area contributed by atoms with Crippen LogP contribution >= 0.6 is 0 Å². The largest absolute Gasteiger partial charge is 0.465 e. The van der Waals surface area contributed by atoms with Crippen molar-refractivity contribution in [3.05, 3.63) is 35.7 Å². The van der Waals surface area contributed by atoms with Crippen LogP contribution in [0.5, 0.6) is 0 Å². The number of ether oxygens (including phenoxy) is 1. The molecule has 0 bridgehead atoms. The van der Waals surface area contributed by atoms with Crippen LogP contribution in [-0.2, 0) is 4.74 Å². The van der Waals surface area contributed by atoms with Crippen molar-refractivity contribution in [3.63, 3.8) is 0 Å². The van der Waals surface area contributed by atoms with E-state index in [0.717, 1.165) is 5.52 Å². The average Bonchev–Trinajstić information content (AvgIpc) is 3.07. The van der Waals surface area contributed by atoms with Gasteiger partial charge in [0.25, 0.3) is 0 Å². The molecule has 16 heavy (non-hydrogen) atoms. The molecule has 0 unspecified atom stereocenters.